The fraction of sp³-hybridized carbons (Fsp3) is 0.278. The van der Waals surface area contributed by atoms with Crippen LogP contribution in [0.5, 0.6) is 0 Å². The molecule has 9 heteroatoms. The van der Waals surface area contributed by atoms with Gasteiger partial charge in [0.25, 0.3) is 0 Å². The molecule has 0 radical (unpaired) electrons. The second-order valence-corrected chi connectivity index (χ2v) is 14.4. The first-order valence-corrected chi connectivity index (χ1v) is 17.9. The normalized spacial score (nSPS) is 13.1. The summed E-state index contributed by atoms with van der Waals surface area (Å²) in [4.78, 5) is 20.3. The Morgan fingerprint density at radius 3 is 1.93 bits per heavy atom. The summed E-state index contributed by atoms with van der Waals surface area (Å²) in [5.74, 6) is -0.750. The number of aromatic nitrogens is 1. The minimum absolute atomic E-state index is 0.133. The lowest BCUT2D eigenvalue weighted by Gasteiger charge is -2.31. The third-order valence-electron chi connectivity index (χ3n) is 7.64. The fourth-order valence-electron chi connectivity index (χ4n) is 5.33. The number of para-hydroxylation sites is 1. The van der Waals surface area contributed by atoms with Crippen LogP contribution in [-0.4, -0.2) is 47.7 Å². The molecule has 45 heavy (non-hydrogen) atoms. The lowest BCUT2D eigenvalue weighted by Crippen LogP contribution is -2.50. The maximum Gasteiger partial charge on any atom is 0.238 e. The second-order valence-electron chi connectivity index (χ2n) is 11.3. The number of carbonyl (C=O) groups is 1. The third-order valence-corrected chi connectivity index (χ3v) is 10.4. The zero-order valence-corrected chi connectivity index (χ0v) is 26.8. The van der Waals surface area contributed by atoms with Crippen molar-refractivity contribution in [3.63, 3.8) is 0 Å². The molecular weight excluding hydrogens is 603 g/mol. The molecule has 0 fully saturated rings. The van der Waals surface area contributed by atoms with Crippen molar-refractivity contribution >= 4 is 37.3 Å². The van der Waals surface area contributed by atoms with Gasteiger partial charge in [0, 0.05) is 19.6 Å². The van der Waals surface area contributed by atoms with Crippen LogP contribution >= 0.6 is 11.3 Å². The molecule has 0 spiro atoms. The standard InChI is InChI=1S/C36H39N3O4S2/c40-33(36-38-31-20-10-11-22-34(31)44-36)21-12-13-23-37-35(41)32(27-45(42,43)26-30-18-8-3-9-19-30)39(24-28-14-4-1-5-15-28)25-29-16-6-2-7-17-29/h1-11,14-20,22,32-33,40H,12-13,21,23-27H2,(H,37,41)/t32?,33-/m1/s1. The highest BCUT2D eigenvalue weighted by molar-refractivity contribution is 7.90. The Hall–Kier alpha value is -3.89. The smallest absolute Gasteiger partial charge is 0.238 e. The molecule has 1 aromatic heterocycles. The predicted molar refractivity (Wildman–Crippen MR) is 181 cm³/mol. The van der Waals surface area contributed by atoms with Gasteiger partial charge in [0.05, 0.1) is 21.7 Å². The zero-order valence-electron chi connectivity index (χ0n) is 25.2. The Balaban J connectivity index is 1.27. The van der Waals surface area contributed by atoms with Gasteiger partial charge in [-0.05, 0) is 48.1 Å². The Bertz CT molecular complexity index is 1670. The monoisotopic (exact) mass is 641 g/mol. The summed E-state index contributed by atoms with van der Waals surface area (Å²) in [6.45, 7) is 1.22. The largest absolute Gasteiger partial charge is 0.386 e. The van der Waals surface area contributed by atoms with Crippen LogP contribution in [0.1, 0.15) is 47.1 Å². The Kier molecular flexibility index (Phi) is 11.5. The summed E-state index contributed by atoms with van der Waals surface area (Å²) in [5, 5.41) is 14.4. The molecule has 5 aromatic rings. The maximum atomic E-state index is 13.8. The van der Waals surface area contributed by atoms with Gasteiger partial charge in [-0.15, -0.1) is 11.3 Å². The van der Waals surface area contributed by atoms with Gasteiger partial charge < -0.3 is 10.4 Å². The third kappa shape index (κ3) is 9.80. The Morgan fingerprint density at radius 1 is 0.778 bits per heavy atom. The first-order chi connectivity index (χ1) is 21.9. The number of hydrogen-bond acceptors (Lipinski definition) is 7. The number of thiazole rings is 1. The zero-order chi connectivity index (χ0) is 31.5. The molecule has 4 aromatic carbocycles. The number of aliphatic hydroxyl groups is 1. The van der Waals surface area contributed by atoms with Crippen LogP contribution in [0, 0.1) is 0 Å². The van der Waals surface area contributed by atoms with E-state index in [2.05, 4.69) is 10.3 Å². The van der Waals surface area contributed by atoms with Gasteiger partial charge >= 0.3 is 0 Å². The van der Waals surface area contributed by atoms with Crippen LogP contribution in [0.15, 0.2) is 115 Å². The van der Waals surface area contributed by atoms with E-state index in [1.54, 1.807) is 12.1 Å². The molecule has 1 amide bonds. The van der Waals surface area contributed by atoms with Gasteiger partial charge in [-0.3, -0.25) is 9.69 Å². The van der Waals surface area contributed by atoms with E-state index in [0.29, 0.717) is 49.5 Å². The van der Waals surface area contributed by atoms with E-state index in [-0.39, 0.29) is 17.4 Å². The lowest BCUT2D eigenvalue weighted by molar-refractivity contribution is -0.126. The van der Waals surface area contributed by atoms with Crippen LogP contribution in [0.2, 0.25) is 0 Å². The average Bonchev–Trinajstić information content (AvgIpc) is 3.49. The van der Waals surface area contributed by atoms with Crippen molar-refractivity contribution in [3.05, 3.63) is 137 Å². The van der Waals surface area contributed by atoms with Gasteiger partial charge in [-0.2, -0.15) is 0 Å². The molecule has 0 saturated heterocycles. The quantitative estimate of drug-likeness (QED) is 0.123. The van der Waals surface area contributed by atoms with Crippen molar-refractivity contribution in [1.29, 1.82) is 0 Å². The average molecular weight is 642 g/mol. The Labute approximate surface area is 269 Å². The molecule has 7 nitrogen and oxygen atoms in total. The second kappa shape index (κ2) is 15.9. The molecule has 2 N–H and O–H groups in total. The number of amides is 1. The van der Waals surface area contributed by atoms with Crippen LogP contribution < -0.4 is 5.32 Å². The highest BCUT2D eigenvalue weighted by Crippen LogP contribution is 2.28. The summed E-state index contributed by atoms with van der Waals surface area (Å²) >= 11 is 1.49. The van der Waals surface area contributed by atoms with Gasteiger partial charge in [0.15, 0.2) is 9.84 Å². The molecule has 1 heterocycles. The lowest BCUT2D eigenvalue weighted by atomic mass is 10.1. The number of benzene rings is 4. The number of aliphatic hydroxyl groups excluding tert-OH is 1. The highest BCUT2D eigenvalue weighted by Gasteiger charge is 2.31. The van der Waals surface area contributed by atoms with E-state index in [0.717, 1.165) is 21.3 Å². The summed E-state index contributed by atoms with van der Waals surface area (Å²) < 4.78 is 28.1. The van der Waals surface area contributed by atoms with E-state index < -0.39 is 22.0 Å². The van der Waals surface area contributed by atoms with E-state index >= 15 is 0 Å². The van der Waals surface area contributed by atoms with Crippen molar-refractivity contribution < 1.29 is 18.3 Å². The molecule has 234 valence electrons. The summed E-state index contributed by atoms with van der Waals surface area (Å²) in [7, 11) is -3.64. The van der Waals surface area contributed by atoms with Gasteiger partial charge in [0.1, 0.15) is 17.2 Å². The first-order valence-electron chi connectivity index (χ1n) is 15.2. The number of fused-ring (bicyclic) bond motifs is 1. The molecule has 0 aliphatic heterocycles. The van der Waals surface area contributed by atoms with Crippen LogP contribution in [0.3, 0.4) is 0 Å². The van der Waals surface area contributed by atoms with Gasteiger partial charge in [0.2, 0.25) is 5.91 Å². The van der Waals surface area contributed by atoms with E-state index in [1.165, 1.54) is 11.3 Å². The topological polar surface area (TPSA) is 99.6 Å². The van der Waals surface area contributed by atoms with Crippen molar-refractivity contribution in [2.24, 2.45) is 0 Å². The number of hydrogen-bond donors (Lipinski definition) is 2. The van der Waals surface area contributed by atoms with E-state index in [9.17, 15) is 18.3 Å². The van der Waals surface area contributed by atoms with Crippen molar-refractivity contribution in [1.82, 2.24) is 15.2 Å². The number of rotatable bonds is 16. The fourth-order valence-corrected chi connectivity index (χ4v) is 7.98. The van der Waals surface area contributed by atoms with Crippen LogP contribution in [0.4, 0.5) is 0 Å². The highest BCUT2D eigenvalue weighted by atomic mass is 32.2. The van der Waals surface area contributed by atoms with Crippen molar-refractivity contribution in [2.45, 2.75) is 50.3 Å². The molecule has 5 rings (SSSR count). The number of sulfone groups is 1. The maximum absolute atomic E-state index is 13.8. The SMILES string of the molecule is O=C(NCCCC[C@@H](O)c1nc2ccccc2s1)C(CS(=O)(=O)Cc1ccccc1)N(Cc1ccccc1)Cc1ccccc1. The van der Waals surface area contributed by atoms with E-state index in [4.69, 9.17) is 0 Å². The van der Waals surface area contributed by atoms with E-state index in [1.807, 2.05) is 108 Å². The Morgan fingerprint density at radius 2 is 1.33 bits per heavy atom. The summed E-state index contributed by atoms with van der Waals surface area (Å²) in [5.41, 5.74) is 3.57. The van der Waals surface area contributed by atoms with Crippen molar-refractivity contribution in [2.75, 3.05) is 12.3 Å². The number of nitrogens with zero attached hydrogens (tertiary/aromatic N) is 2. The molecule has 0 bridgehead atoms. The first kappa shape index (κ1) is 32.5. The number of carbonyl (C=O) groups excluding carboxylic acids is 1. The molecule has 0 aliphatic rings. The molecule has 0 saturated carbocycles. The van der Waals surface area contributed by atoms with Gasteiger partial charge in [-0.1, -0.05) is 103 Å². The predicted octanol–water partition coefficient (Wildman–Crippen LogP) is 6.30. The minimum atomic E-state index is -3.64. The number of unbranched alkanes of at least 4 members (excludes halogenated alkanes) is 1. The minimum Gasteiger partial charge on any atom is -0.386 e. The summed E-state index contributed by atoms with van der Waals surface area (Å²) in [6, 6.07) is 35.6. The van der Waals surface area contributed by atoms with Crippen LogP contribution in [-0.2, 0) is 33.5 Å². The van der Waals surface area contributed by atoms with Gasteiger partial charge in [-0.25, -0.2) is 13.4 Å². The number of nitrogens with one attached hydrogen (secondary N) is 1. The molecule has 2 atom stereocenters. The molecular formula is C36H39N3O4S2. The van der Waals surface area contributed by atoms with Crippen molar-refractivity contribution in [3.8, 4) is 0 Å². The van der Waals surface area contributed by atoms with Crippen LogP contribution in [0.25, 0.3) is 10.2 Å². The molecule has 1 unspecified atom stereocenters. The molecule has 0 aliphatic carbocycles. The summed E-state index contributed by atoms with van der Waals surface area (Å²) in [6.07, 6.45) is 1.19.